The lowest BCUT2D eigenvalue weighted by molar-refractivity contribution is -0.121. The smallest absolute Gasteiger partial charge is 0.240 e. The second-order valence-electron chi connectivity index (χ2n) is 6.91. The van der Waals surface area contributed by atoms with Gasteiger partial charge < -0.3 is 10.1 Å². The Hall–Kier alpha value is -1.77. The predicted octanol–water partition coefficient (Wildman–Crippen LogP) is 2.02. The molecule has 1 fully saturated rings. The van der Waals surface area contributed by atoms with E-state index in [-0.39, 0.29) is 35.6 Å². The summed E-state index contributed by atoms with van der Waals surface area (Å²) < 4.78 is 32.4. The van der Waals surface area contributed by atoms with Crippen molar-refractivity contribution < 1.29 is 22.7 Å². The van der Waals surface area contributed by atoms with E-state index in [1.807, 2.05) is 6.92 Å². The van der Waals surface area contributed by atoms with Crippen molar-refractivity contribution in [3.05, 3.63) is 29.8 Å². The average Bonchev–Trinajstić information content (AvgIpc) is 3.13. The van der Waals surface area contributed by atoms with Gasteiger partial charge in [-0.15, -0.1) is 0 Å². The number of carbonyl (C=O) groups is 2. The number of hydrogen-bond donors (Lipinski definition) is 2. The van der Waals surface area contributed by atoms with Gasteiger partial charge in [0.1, 0.15) is 0 Å². The normalized spacial score (nSPS) is 18.2. The summed E-state index contributed by atoms with van der Waals surface area (Å²) in [6.07, 6.45) is 4.30. The molecular formula is C19H28N2O5S. The monoisotopic (exact) mass is 396 g/mol. The number of rotatable bonds is 10. The highest BCUT2D eigenvalue weighted by atomic mass is 32.2. The number of ether oxygens (including phenoxy) is 1. The molecule has 7 nitrogen and oxygen atoms in total. The molecule has 1 amide bonds. The molecule has 8 heteroatoms. The fourth-order valence-corrected chi connectivity index (χ4v) is 4.01. The van der Waals surface area contributed by atoms with Crippen LogP contribution in [0.3, 0.4) is 0 Å². The lowest BCUT2D eigenvalue weighted by Crippen LogP contribution is -2.36. The van der Waals surface area contributed by atoms with Crippen LogP contribution in [0.1, 0.15) is 56.3 Å². The van der Waals surface area contributed by atoms with Crippen molar-refractivity contribution in [2.75, 3.05) is 13.2 Å². The van der Waals surface area contributed by atoms with E-state index >= 15 is 0 Å². The van der Waals surface area contributed by atoms with Gasteiger partial charge in [0.15, 0.2) is 5.78 Å². The van der Waals surface area contributed by atoms with Crippen molar-refractivity contribution >= 4 is 21.7 Å². The number of amides is 1. The summed E-state index contributed by atoms with van der Waals surface area (Å²) in [6, 6.07) is 5.73. The van der Waals surface area contributed by atoms with Crippen LogP contribution < -0.4 is 10.0 Å². The first-order chi connectivity index (χ1) is 12.8. The van der Waals surface area contributed by atoms with Gasteiger partial charge in [0.2, 0.25) is 15.9 Å². The van der Waals surface area contributed by atoms with Gasteiger partial charge in [-0.05, 0) is 51.7 Å². The van der Waals surface area contributed by atoms with Crippen molar-refractivity contribution in [2.24, 2.45) is 0 Å². The Labute approximate surface area is 160 Å². The first-order valence-corrected chi connectivity index (χ1v) is 10.8. The van der Waals surface area contributed by atoms with Gasteiger partial charge in [0, 0.05) is 31.2 Å². The Kier molecular flexibility index (Phi) is 7.94. The van der Waals surface area contributed by atoms with Crippen LogP contribution in [0, 0.1) is 0 Å². The van der Waals surface area contributed by atoms with E-state index in [1.54, 1.807) is 0 Å². The van der Waals surface area contributed by atoms with E-state index in [4.69, 9.17) is 4.74 Å². The first kappa shape index (κ1) is 21.5. The standard InChI is InChI=1S/C19H28N2O5S/c1-14(5-8-17-4-3-13-26-17)21-19(23)11-12-20-27(24,25)18-9-6-16(7-10-18)15(2)22/h6-7,9-10,14,17,20H,3-5,8,11-13H2,1-2H3,(H,21,23). The maximum absolute atomic E-state index is 12.2. The summed E-state index contributed by atoms with van der Waals surface area (Å²) in [6.45, 7) is 4.19. The molecule has 150 valence electrons. The summed E-state index contributed by atoms with van der Waals surface area (Å²) in [4.78, 5) is 23.3. The fraction of sp³-hybridized carbons (Fsp3) is 0.579. The highest BCUT2D eigenvalue weighted by molar-refractivity contribution is 7.89. The van der Waals surface area contributed by atoms with Crippen molar-refractivity contribution in [2.45, 2.75) is 63.0 Å². The predicted molar refractivity (Wildman–Crippen MR) is 102 cm³/mol. The third kappa shape index (κ3) is 7.04. The maximum Gasteiger partial charge on any atom is 0.240 e. The SMILES string of the molecule is CC(=O)c1ccc(S(=O)(=O)NCCC(=O)NC(C)CCC2CCCO2)cc1. The third-order valence-corrected chi connectivity index (χ3v) is 6.05. The van der Waals surface area contributed by atoms with Gasteiger partial charge in [-0.3, -0.25) is 9.59 Å². The first-order valence-electron chi connectivity index (χ1n) is 9.29. The molecule has 1 aromatic rings. The molecule has 27 heavy (non-hydrogen) atoms. The van der Waals surface area contributed by atoms with E-state index in [0.29, 0.717) is 11.7 Å². The molecule has 0 bridgehead atoms. The van der Waals surface area contributed by atoms with Crippen LogP contribution in [0.15, 0.2) is 29.2 Å². The lowest BCUT2D eigenvalue weighted by Gasteiger charge is -2.16. The molecule has 0 aromatic heterocycles. The van der Waals surface area contributed by atoms with Crippen LogP contribution in [-0.4, -0.2) is 45.4 Å². The van der Waals surface area contributed by atoms with Gasteiger partial charge >= 0.3 is 0 Å². The second-order valence-corrected chi connectivity index (χ2v) is 8.68. The third-order valence-electron chi connectivity index (χ3n) is 4.57. The minimum absolute atomic E-state index is 0.0150. The molecule has 1 saturated heterocycles. The van der Waals surface area contributed by atoms with Gasteiger partial charge in [-0.1, -0.05) is 12.1 Å². The van der Waals surface area contributed by atoms with Crippen molar-refractivity contribution in [3.63, 3.8) is 0 Å². The van der Waals surface area contributed by atoms with Crippen LogP contribution in [0.2, 0.25) is 0 Å². The lowest BCUT2D eigenvalue weighted by atomic mass is 10.1. The quantitative estimate of drug-likeness (QED) is 0.589. The molecule has 2 unspecified atom stereocenters. The summed E-state index contributed by atoms with van der Waals surface area (Å²) in [7, 11) is -3.71. The van der Waals surface area contributed by atoms with Gasteiger partial charge in [-0.2, -0.15) is 0 Å². The molecular weight excluding hydrogens is 368 g/mol. The molecule has 1 heterocycles. The average molecular weight is 397 g/mol. The second kappa shape index (κ2) is 9.96. The number of nitrogens with one attached hydrogen (secondary N) is 2. The largest absolute Gasteiger partial charge is 0.378 e. The van der Waals surface area contributed by atoms with Crippen LogP contribution in [0.4, 0.5) is 0 Å². The molecule has 0 saturated carbocycles. The molecule has 1 aliphatic rings. The Morgan fingerprint density at radius 3 is 2.56 bits per heavy atom. The molecule has 1 aliphatic heterocycles. The van der Waals surface area contributed by atoms with Crippen molar-refractivity contribution in [1.82, 2.24) is 10.0 Å². The molecule has 0 radical (unpaired) electrons. The topological polar surface area (TPSA) is 102 Å². The van der Waals surface area contributed by atoms with Gasteiger partial charge in [0.05, 0.1) is 11.0 Å². The molecule has 0 spiro atoms. The summed E-state index contributed by atoms with van der Waals surface area (Å²) in [5, 5.41) is 2.88. The summed E-state index contributed by atoms with van der Waals surface area (Å²) in [5.74, 6) is -0.318. The van der Waals surface area contributed by atoms with Crippen molar-refractivity contribution in [3.8, 4) is 0 Å². The zero-order valence-corrected chi connectivity index (χ0v) is 16.7. The van der Waals surface area contributed by atoms with Crippen molar-refractivity contribution in [1.29, 1.82) is 0 Å². The Morgan fingerprint density at radius 2 is 1.96 bits per heavy atom. The number of carbonyl (C=O) groups excluding carboxylic acids is 2. The molecule has 1 aromatic carbocycles. The van der Waals surface area contributed by atoms with Crippen LogP contribution in [-0.2, 0) is 19.6 Å². The van der Waals surface area contributed by atoms with Gasteiger partial charge in [-0.25, -0.2) is 13.1 Å². The summed E-state index contributed by atoms with van der Waals surface area (Å²) >= 11 is 0. The van der Waals surface area contributed by atoms with Crippen LogP contribution >= 0.6 is 0 Å². The number of sulfonamides is 1. The Morgan fingerprint density at radius 1 is 1.26 bits per heavy atom. The zero-order valence-electron chi connectivity index (χ0n) is 15.9. The maximum atomic E-state index is 12.2. The highest BCUT2D eigenvalue weighted by Gasteiger charge is 2.18. The van der Waals surface area contributed by atoms with E-state index in [0.717, 1.165) is 32.3 Å². The molecule has 2 rings (SSSR count). The van der Waals surface area contributed by atoms with Crippen LogP contribution in [0.5, 0.6) is 0 Å². The number of Topliss-reactive ketones (excluding diaryl/α,β-unsaturated/α-hetero) is 1. The zero-order chi connectivity index (χ0) is 19.9. The summed E-state index contributed by atoms with van der Waals surface area (Å²) in [5.41, 5.74) is 0.449. The molecule has 2 N–H and O–H groups in total. The van der Waals surface area contributed by atoms with Gasteiger partial charge in [0.25, 0.3) is 0 Å². The van der Waals surface area contributed by atoms with Crippen LogP contribution in [0.25, 0.3) is 0 Å². The number of benzene rings is 1. The molecule has 2 atom stereocenters. The number of ketones is 1. The van der Waals surface area contributed by atoms with E-state index in [2.05, 4.69) is 10.0 Å². The van der Waals surface area contributed by atoms with E-state index in [1.165, 1.54) is 31.2 Å². The minimum Gasteiger partial charge on any atom is -0.378 e. The molecule has 0 aliphatic carbocycles. The minimum atomic E-state index is -3.71. The fourth-order valence-electron chi connectivity index (χ4n) is 2.98. The van der Waals surface area contributed by atoms with E-state index < -0.39 is 10.0 Å². The Balaban J connectivity index is 1.71. The number of hydrogen-bond acceptors (Lipinski definition) is 5. The highest BCUT2D eigenvalue weighted by Crippen LogP contribution is 2.17. The Bertz CT molecular complexity index is 740. The van der Waals surface area contributed by atoms with E-state index in [9.17, 15) is 18.0 Å².